The van der Waals surface area contributed by atoms with E-state index in [0.717, 1.165) is 16.8 Å². The number of nitrogens with two attached hydrogens (primary N) is 1. The number of benzene rings is 2. The van der Waals surface area contributed by atoms with E-state index in [1.807, 2.05) is 73.5 Å². The van der Waals surface area contributed by atoms with Gasteiger partial charge in [0.25, 0.3) is 0 Å². The van der Waals surface area contributed by atoms with Crippen molar-refractivity contribution in [3.05, 3.63) is 88.4 Å². The van der Waals surface area contributed by atoms with Gasteiger partial charge in [0, 0.05) is 37.3 Å². The van der Waals surface area contributed by atoms with E-state index < -0.39 is 5.92 Å². The van der Waals surface area contributed by atoms with Crippen LogP contribution in [-0.2, 0) is 4.79 Å². The van der Waals surface area contributed by atoms with Gasteiger partial charge in [0.15, 0.2) is 5.78 Å². The van der Waals surface area contributed by atoms with E-state index in [4.69, 9.17) is 10.5 Å². The summed E-state index contributed by atoms with van der Waals surface area (Å²) in [6, 6.07) is 20.0. The number of hydrogen-bond acceptors (Lipinski definition) is 6. The molecule has 6 nitrogen and oxygen atoms in total. The van der Waals surface area contributed by atoms with Gasteiger partial charge in [-0.05, 0) is 30.9 Å². The molecule has 2 aromatic carbocycles. The van der Waals surface area contributed by atoms with Crippen LogP contribution in [-0.4, -0.2) is 36.5 Å². The summed E-state index contributed by atoms with van der Waals surface area (Å²) in [5, 5.41) is 13.8. The van der Waals surface area contributed by atoms with Crippen molar-refractivity contribution >= 4 is 5.78 Å². The SMILES string of the molecule is CCOc1ccccc1[C@@H]1C(C#N)=C(N)N(N(C)C)C2=C1C(=O)C[C@@H](c1ccccc1)C2. The highest BCUT2D eigenvalue weighted by molar-refractivity contribution is 6.00. The average molecular weight is 429 g/mol. The first-order chi connectivity index (χ1) is 15.5. The third kappa shape index (κ3) is 3.65. The molecular weight excluding hydrogens is 400 g/mol. The third-order valence-electron chi connectivity index (χ3n) is 6.14. The molecule has 2 aromatic rings. The normalized spacial score (nSPS) is 21.0. The molecule has 32 heavy (non-hydrogen) atoms. The Morgan fingerprint density at radius 2 is 1.81 bits per heavy atom. The molecule has 2 aliphatic rings. The number of nitriles is 1. The second-order valence-electron chi connectivity index (χ2n) is 8.27. The van der Waals surface area contributed by atoms with Crippen molar-refractivity contribution in [1.82, 2.24) is 10.0 Å². The quantitative estimate of drug-likeness (QED) is 0.773. The van der Waals surface area contributed by atoms with Crippen LogP contribution in [0.2, 0.25) is 0 Å². The fourth-order valence-corrected chi connectivity index (χ4v) is 4.85. The van der Waals surface area contributed by atoms with Crippen LogP contribution in [0.4, 0.5) is 0 Å². The molecule has 0 spiro atoms. The number of para-hydroxylation sites is 1. The first kappa shape index (κ1) is 21.7. The molecule has 0 unspecified atom stereocenters. The lowest BCUT2D eigenvalue weighted by Crippen LogP contribution is -2.46. The fraction of sp³-hybridized carbons (Fsp3) is 0.308. The second kappa shape index (κ2) is 8.89. The zero-order valence-corrected chi connectivity index (χ0v) is 18.7. The molecule has 0 bridgehead atoms. The molecule has 1 aliphatic heterocycles. The minimum atomic E-state index is -0.543. The van der Waals surface area contributed by atoms with Crippen molar-refractivity contribution in [3.8, 4) is 11.8 Å². The summed E-state index contributed by atoms with van der Waals surface area (Å²) in [6.07, 6.45) is 1.06. The molecule has 2 N–H and O–H groups in total. The third-order valence-corrected chi connectivity index (χ3v) is 6.14. The van der Waals surface area contributed by atoms with Gasteiger partial charge in [-0.1, -0.05) is 48.5 Å². The standard InChI is InChI=1S/C26H28N4O2/c1-4-32-23-13-9-8-12-19(23)24-20(16-27)26(28)30(29(2)3)21-14-18(15-22(31)25(21)24)17-10-6-5-7-11-17/h5-13,18,24H,4,14-15,28H2,1-3H3/t18-,24+/m0/s1. The molecule has 0 radical (unpaired) electrons. The average Bonchev–Trinajstić information content (AvgIpc) is 2.79. The molecule has 0 fully saturated rings. The van der Waals surface area contributed by atoms with Crippen LogP contribution in [0.5, 0.6) is 5.75 Å². The predicted molar refractivity (Wildman–Crippen MR) is 123 cm³/mol. The van der Waals surface area contributed by atoms with Crippen molar-refractivity contribution in [1.29, 1.82) is 5.26 Å². The highest BCUT2D eigenvalue weighted by Crippen LogP contribution is 2.49. The van der Waals surface area contributed by atoms with Crippen LogP contribution in [0.15, 0.2) is 77.3 Å². The van der Waals surface area contributed by atoms with Gasteiger partial charge < -0.3 is 10.5 Å². The fourth-order valence-electron chi connectivity index (χ4n) is 4.85. The number of ketones is 1. The molecule has 164 valence electrons. The topological polar surface area (TPSA) is 82.6 Å². The van der Waals surface area contributed by atoms with E-state index in [1.54, 1.807) is 0 Å². The summed E-state index contributed by atoms with van der Waals surface area (Å²) in [6.45, 7) is 2.41. The number of carbonyl (C=O) groups excluding carboxylic acids is 1. The van der Waals surface area contributed by atoms with E-state index in [2.05, 4.69) is 18.2 Å². The molecule has 0 amide bonds. The second-order valence-corrected chi connectivity index (χ2v) is 8.27. The number of hydrazine groups is 1. The highest BCUT2D eigenvalue weighted by Gasteiger charge is 2.43. The van der Waals surface area contributed by atoms with Gasteiger partial charge >= 0.3 is 0 Å². The number of carbonyl (C=O) groups is 1. The van der Waals surface area contributed by atoms with Gasteiger partial charge in [0.05, 0.1) is 24.2 Å². The molecule has 2 atom stereocenters. The molecule has 0 saturated carbocycles. The monoisotopic (exact) mass is 428 g/mol. The summed E-state index contributed by atoms with van der Waals surface area (Å²) in [5.74, 6) is 0.587. The Balaban J connectivity index is 1.92. The Hall–Kier alpha value is -3.56. The van der Waals surface area contributed by atoms with Crippen LogP contribution >= 0.6 is 0 Å². The Bertz CT molecular complexity index is 1130. The molecule has 0 saturated heterocycles. The number of allylic oxidation sites excluding steroid dienone is 3. The number of nitrogens with zero attached hydrogens (tertiary/aromatic N) is 3. The maximum Gasteiger partial charge on any atom is 0.162 e. The van der Waals surface area contributed by atoms with Crippen LogP contribution in [0.3, 0.4) is 0 Å². The zero-order valence-electron chi connectivity index (χ0n) is 18.7. The van der Waals surface area contributed by atoms with Crippen molar-refractivity contribution in [2.45, 2.75) is 31.6 Å². The number of rotatable bonds is 5. The van der Waals surface area contributed by atoms with Gasteiger partial charge in [-0.2, -0.15) is 5.26 Å². The van der Waals surface area contributed by atoms with Gasteiger partial charge in [0.2, 0.25) is 0 Å². The van der Waals surface area contributed by atoms with Gasteiger partial charge in [0.1, 0.15) is 11.6 Å². The highest BCUT2D eigenvalue weighted by atomic mass is 16.5. The molecule has 4 rings (SSSR count). The minimum Gasteiger partial charge on any atom is -0.494 e. The van der Waals surface area contributed by atoms with E-state index in [1.165, 1.54) is 0 Å². The van der Waals surface area contributed by atoms with E-state index in [0.29, 0.717) is 42.2 Å². The van der Waals surface area contributed by atoms with E-state index >= 15 is 0 Å². The lowest BCUT2D eigenvalue weighted by atomic mass is 9.72. The zero-order chi connectivity index (χ0) is 22.8. The Labute approximate surface area is 189 Å². The van der Waals surface area contributed by atoms with Crippen molar-refractivity contribution in [2.24, 2.45) is 5.73 Å². The molecule has 6 heteroatoms. The van der Waals surface area contributed by atoms with Gasteiger partial charge in [-0.3, -0.25) is 9.80 Å². The number of Topliss-reactive ketones (excluding diaryl/α,β-unsaturated/α-hetero) is 1. The number of hydrogen-bond donors (Lipinski definition) is 1. The van der Waals surface area contributed by atoms with Gasteiger partial charge in [-0.25, -0.2) is 5.01 Å². The summed E-state index contributed by atoms with van der Waals surface area (Å²) >= 11 is 0. The van der Waals surface area contributed by atoms with Crippen molar-refractivity contribution in [3.63, 3.8) is 0 Å². The van der Waals surface area contributed by atoms with Crippen LogP contribution < -0.4 is 10.5 Å². The Morgan fingerprint density at radius 3 is 2.47 bits per heavy atom. The van der Waals surface area contributed by atoms with E-state index in [9.17, 15) is 10.1 Å². The summed E-state index contributed by atoms with van der Waals surface area (Å²) in [7, 11) is 3.75. The Morgan fingerprint density at radius 1 is 1.12 bits per heavy atom. The lowest BCUT2D eigenvalue weighted by molar-refractivity contribution is -0.117. The summed E-state index contributed by atoms with van der Waals surface area (Å²) in [5.41, 5.74) is 10.4. The summed E-state index contributed by atoms with van der Waals surface area (Å²) < 4.78 is 5.87. The molecular formula is C26H28N4O2. The van der Waals surface area contributed by atoms with Crippen molar-refractivity contribution in [2.75, 3.05) is 20.7 Å². The van der Waals surface area contributed by atoms with E-state index in [-0.39, 0.29) is 11.7 Å². The van der Waals surface area contributed by atoms with Crippen LogP contribution in [0.25, 0.3) is 0 Å². The number of ether oxygens (including phenoxy) is 1. The largest absolute Gasteiger partial charge is 0.494 e. The molecule has 0 aromatic heterocycles. The van der Waals surface area contributed by atoms with Crippen LogP contribution in [0, 0.1) is 11.3 Å². The predicted octanol–water partition coefficient (Wildman–Crippen LogP) is 4.06. The first-order valence-electron chi connectivity index (χ1n) is 10.9. The Kier molecular flexibility index (Phi) is 6.02. The molecule has 1 heterocycles. The van der Waals surface area contributed by atoms with Crippen LogP contribution in [0.1, 0.15) is 42.7 Å². The summed E-state index contributed by atoms with van der Waals surface area (Å²) in [4.78, 5) is 13.7. The van der Waals surface area contributed by atoms with Crippen molar-refractivity contribution < 1.29 is 9.53 Å². The minimum absolute atomic E-state index is 0.0449. The lowest BCUT2D eigenvalue weighted by Gasteiger charge is -2.44. The molecule has 1 aliphatic carbocycles. The van der Waals surface area contributed by atoms with Gasteiger partial charge in [-0.15, -0.1) is 0 Å². The maximum atomic E-state index is 13.7. The first-order valence-corrected chi connectivity index (χ1v) is 10.9. The maximum absolute atomic E-state index is 13.7. The smallest absolute Gasteiger partial charge is 0.162 e.